The van der Waals surface area contributed by atoms with E-state index >= 15 is 0 Å². The first kappa shape index (κ1) is 30.1. The third-order valence-corrected chi connectivity index (χ3v) is 7.59. The average Bonchev–Trinajstić information content (AvgIpc) is 3.44. The highest BCUT2D eigenvalue weighted by Crippen LogP contribution is 2.34. The summed E-state index contributed by atoms with van der Waals surface area (Å²) in [4.78, 5) is 36.6. The normalized spacial score (nSPS) is 17.5. The fourth-order valence-electron chi connectivity index (χ4n) is 5.61. The Labute approximate surface area is 252 Å². The minimum atomic E-state index is -0.767. The first-order valence-electron chi connectivity index (χ1n) is 14.8. The Morgan fingerprint density at radius 3 is 2.47 bits per heavy atom. The van der Waals surface area contributed by atoms with Gasteiger partial charge in [0.05, 0.1) is 18.3 Å². The lowest BCUT2D eigenvalue weighted by Crippen LogP contribution is -2.53. The molecule has 0 unspecified atom stereocenters. The molecule has 1 aliphatic rings. The molecular formula is C34H40N4O5. The van der Waals surface area contributed by atoms with E-state index in [0.29, 0.717) is 25.8 Å². The van der Waals surface area contributed by atoms with Gasteiger partial charge in [-0.15, -0.1) is 0 Å². The van der Waals surface area contributed by atoms with Crippen LogP contribution in [0.3, 0.4) is 0 Å². The molecule has 226 valence electrons. The molecule has 0 spiro atoms. The van der Waals surface area contributed by atoms with E-state index in [0.717, 1.165) is 39.6 Å². The molecule has 1 saturated heterocycles. The van der Waals surface area contributed by atoms with Crippen LogP contribution in [0.5, 0.6) is 0 Å². The number of hydrogen-bond donors (Lipinski definition) is 1. The third-order valence-electron chi connectivity index (χ3n) is 7.59. The molecule has 43 heavy (non-hydrogen) atoms. The van der Waals surface area contributed by atoms with Crippen LogP contribution in [0.15, 0.2) is 77.9 Å². The van der Waals surface area contributed by atoms with Crippen LogP contribution >= 0.6 is 0 Å². The zero-order valence-electron chi connectivity index (χ0n) is 25.5. The van der Waals surface area contributed by atoms with Crippen LogP contribution in [0.25, 0.3) is 22.1 Å². The summed E-state index contributed by atoms with van der Waals surface area (Å²) in [5.74, 6) is 0. The summed E-state index contributed by atoms with van der Waals surface area (Å²) in [7, 11) is 0. The molecule has 1 fully saturated rings. The van der Waals surface area contributed by atoms with Crippen LogP contribution in [0, 0.1) is 0 Å². The number of aromatic nitrogens is 2. The van der Waals surface area contributed by atoms with E-state index in [1.165, 1.54) is 6.33 Å². The predicted octanol–water partition coefficient (Wildman–Crippen LogP) is 7.47. The molecule has 0 radical (unpaired) electrons. The van der Waals surface area contributed by atoms with Crippen molar-refractivity contribution in [3.05, 3.63) is 84.6 Å². The van der Waals surface area contributed by atoms with Crippen LogP contribution in [0.2, 0.25) is 0 Å². The Kier molecular flexibility index (Phi) is 8.71. The van der Waals surface area contributed by atoms with E-state index in [9.17, 15) is 9.59 Å². The van der Waals surface area contributed by atoms with Gasteiger partial charge in [0.25, 0.3) is 0 Å². The molecule has 1 aliphatic heterocycles. The molecule has 2 amide bonds. The van der Waals surface area contributed by atoms with E-state index in [1.807, 2.05) is 71.0 Å². The van der Waals surface area contributed by atoms with Gasteiger partial charge >= 0.3 is 12.2 Å². The largest absolute Gasteiger partial charge is 0.464 e. The van der Waals surface area contributed by atoms with Gasteiger partial charge in [-0.05, 0) is 95.2 Å². The molecule has 9 heteroatoms. The number of ether oxygens (including phenoxy) is 2. The molecule has 0 saturated carbocycles. The fraction of sp³-hybridized carbons (Fsp3) is 0.412. The summed E-state index contributed by atoms with van der Waals surface area (Å²) in [5, 5.41) is 4.07. The van der Waals surface area contributed by atoms with Crippen molar-refractivity contribution >= 4 is 23.2 Å². The average molecular weight is 585 g/mol. The maximum Gasteiger partial charge on any atom is 0.410 e. The number of furan rings is 1. The van der Waals surface area contributed by atoms with Crippen LogP contribution < -0.4 is 5.32 Å². The highest BCUT2D eigenvalue weighted by molar-refractivity contribution is 5.86. The Hall–Kier alpha value is -4.40. The number of likely N-dealkylation sites (tertiary alicyclic amines) is 1. The third kappa shape index (κ3) is 7.52. The van der Waals surface area contributed by atoms with Crippen molar-refractivity contribution < 1.29 is 23.5 Å². The maximum absolute atomic E-state index is 13.3. The lowest BCUT2D eigenvalue weighted by atomic mass is 9.90. The maximum atomic E-state index is 13.3. The molecule has 0 bridgehead atoms. The smallest absolute Gasteiger partial charge is 0.410 e. The fourth-order valence-corrected chi connectivity index (χ4v) is 5.61. The molecule has 3 heterocycles. The Morgan fingerprint density at radius 1 is 1.00 bits per heavy atom. The number of alkyl carbamates (subject to hydrolysis) is 1. The first-order valence-corrected chi connectivity index (χ1v) is 14.8. The Bertz CT molecular complexity index is 1550. The van der Waals surface area contributed by atoms with E-state index in [2.05, 4.69) is 27.4 Å². The zero-order chi connectivity index (χ0) is 30.6. The second-order valence-electron chi connectivity index (χ2n) is 12.7. The summed E-state index contributed by atoms with van der Waals surface area (Å²) < 4.78 is 17.5. The van der Waals surface area contributed by atoms with Crippen molar-refractivity contribution in [2.45, 2.75) is 83.6 Å². The highest BCUT2D eigenvalue weighted by Gasteiger charge is 2.39. The van der Waals surface area contributed by atoms with Crippen LogP contribution in [0.4, 0.5) is 9.59 Å². The second kappa shape index (κ2) is 12.5. The minimum Gasteiger partial charge on any atom is -0.464 e. The summed E-state index contributed by atoms with van der Waals surface area (Å²) in [6.45, 7) is 9.91. The van der Waals surface area contributed by atoms with E-state index < -0.39 is 23.4 Å². The van der Waals surface area contributed by atoms with Gasteiger partial charge in [-0.1, -0.05) is 30.3 Å². The van der Waals surface area contributed by atoms with Gasteiger partial charge < -0.3 is 19.2 Å². The number of nitrogens with one attached hydrogen (secondary N) is 1. The summed E-state index contributed by atoms with van der Waals surface area (Å²) in [5.41, 5.74) is 3.29. The van der Waals surface area contributed by atoms with Crippen LogP contribution in [-0.4, -0.2) is 50.8 Å². The number of rotatable bonds is 7. The molecule has 2 aromatic heterocycles. The van der Waals surface area contributed by atoms with E-state index in [1.54, 1.807) is 23.6 Å². The van der Waals surface area contributed by atoms with Crippen LogP contribution in [0.1, 0.15) is 71.0 Å². The standard InChI is InChI=1S/C34H40N4O5/c1-33(2,3)43-32(40)38-16-9-12-28(29(38)23-10-7-6-8-11-23)37-31(39)42-34(4,5)15-13-24-18-26(27-20-35-22-36-21-27)19-25-14-17-41-30(24)25/h6-8,10-11,14,17-22,28-29H,9,12-13,15-16H2,1-5H3,(H,37,39)/t28-,29-/m1/s1. The quantitative estimate of drug-likeness (QED) is 0.240. The van der Waals surface area contributed by atoms with E-state index in [4.69, 9.17) is 13.9 Å². The number of benzene rings is 2. The van der Waals surface area contributed by atoms with Crippen molar-refractivity contribution in [1.82, 2.24) is 20.2 Å². The number of carbonyl (C=O) groups is 2. The molecule has 2 aromatic carbocycles. The molecule has 9 nitrogen and oxygen atoms in total. The van der Waals surface area contributed by atoms with Gasteiger partial charge in [-0.2, -0.15) is 0 Å². The monoisotopic (exact) mass is 584 g/mol. The minimum absolute atomic E-state index is 0.334. The van der Waals surface area contributed by atoms with Crippen molar-refractivity contribution in [3.63, 3.8) is 0 Å². The molecule has 0 aliphatic carbocycles. The van der Waals surface area contributed by atoms with Gasteiger partial charge in [-0.3, -0.25) is 4.90 Å². The number of aryl methyl sites for hydroxylation is 1. The number of fused-ring (bicyclic) bond motifs is 1. The van der Waals surface area contributed by atoms with Crippen LogP contribution in [-0.2, 0) is 15.9 Å². The Balaban J connectivity index is 1.28. The van der Waals surface area contributed by atoms with Gasteiger partial charge in [0, 0.05) is 29.9 Å². The number of piperidine rings is 1. The summed E-state index contributed by atoms with van der Waals surface area (Å²) in [6, 6.07) is 15.1. The Morgan fingerprint density at radius 2 is 1.74 bits per heavy atom. The summed E-state index contributed by atoms with van der Waals surface area (Å²) in [6.07, 6.45) is 8.50. The van der Waals surface area contributed by atoms with Gasteiger partial charge in [0.15, 0.2) is 0 Å². The van der Waals surface area contributed by atoms with Crippen molar-refractivity contribution in [3.8, 4) is 11.1 Å². The van der Waals surface area contributed by atoms with Crippen molar-refractivity contribution in [2.75, 3.05) is 6.54 Å². The number of hydrogen-bond acceptors (Lipinski definition) is 7. The lowest BCUT2D eigenvalue weighted by molar-refractivity contribution is -0.000882. The van der Waals surface area contributed by atoms with Gasteiger partial charge in [0.1, 0.15) is 23.1 Å². The SMILES string of the molecule is CC(C)(C)OC(=O)N1CCC[C@@H](NC(=O)OC(C)(C)CCc2cc(-c3cncnc3)cc3ccoc23)[C@H]1c1ccccc1. The van der Waals surface area contributed by atoms with E-state index in [-0.39, 0.29) is 12.1 Å². The highest BCUT2D eigenvalue weighted by atomic mass is 16.6. The first-order chi connectivity index (χ1) is 20.5. The molecular weight excluding hydrogens is 544 g/mol. The molecule has 4 aromatic rings. The molecule has 1 N–H and O–H groups in total. The predicted molar refractivity (Wildman–Crippen MR) is 164 cm³/mol. The number of nitrogens with zero attached hydrogens (tertiary/aromatic N) is 3. The van der Waals surface area contributed by atoms with Gasteiger partial charge in [0.2, 0.25) is 0 Å². The number of amides is 2. The molecule has 2 atom stereocenters. The summed E-state index contributed by atoms with van der Waals surface area (Å²) >= 11 is 0. The van der Waals surface area contributed by atoms with Crippen molar-refractivity contribution in [2.24, 2.45) is 0 Å². The number of carbonyl (C=O) groups excluding carboxylic acids is 2. The lowest BCUT2D eigenvalue weighted by Gasteiger charge is -2.42. The second-order valence-corrected chi connectivity index (χ2v) is 12.7. The topological polar surface area (TPSA) is 107 Å². The van der Waals surface area contributed by atoms with Crippen molar-refractivity contribution in [1.29, 1.82) is 0 Å². The van der Waals surface area contributed by atoms with Gasteiger partial charge in [-0.25, -0.2) is 19.6 Å². The molecule has 5 rings (SSSR count). The zero-order valence-corrected chi connectivity index (χ0v) is 25.5.